The van der Waals surface area contributed by atoms with Crippen molar-refractivity contribution in [3.05, 3.63) is 35.4 Å². The number of aryl methyl sites for hydroxylation is 1. The first-order valence-electron chi connectivity index (χ1n) is 6.35. The number of ether oxygens (including phenoxy) is 1. The third-order valence-electron chi connectivity index (χ3n) is 2.84. The molecule has 1 aromatic rings. The van der Waals surface area contributed by atoms with Crippen LogP contribution in [0.5, 0.6) is 0 Å². The number of halogens is 1. The molecule has 0 spiro atoms. The van der Waals surface area contributed by atoms with Crippen LogP contribution in [0.2, 0.25) is 0 Å². The molecule has 0 aliphatic heterocycles. The quantitative estimate of drug-likeness (QED) is 0.680. The van der Waals surface area contributed by atoms with Crippen LogP contribution in [0.3, 0.4) is 0 Å². The molecule has 17 heavy (non-hydrogen) atoms. The predicted octanol–water partition coefficient (Wildman–Crippen LogP) is 4.36. The Labute approximate surface area is 114 Å². The summed E-state index contributed by atoms with van der Waals surface area (Å²) in [6, 6.07) is 8.83. The van der Waals surface area contributed by atoms with Gasteiger partial charge in [0.2, 0.25) is 0 Å². The highest BCUT2D eigenvalue weighted by Crippen LogP contribution is 2.16. The molecule has 1 rings (SSSR count). The lowest BCUT2D eigenvalue weighted by molar-refractivity contribution is 0.0701. The second-order valence-corrected chi connectivity index (χ2v) is 5.57. The highest BCUT2D eigenvalue weighted by Gasteiger charge is 2.08. The lowest BCUT2D eigenvalue weighted by atomic mass is 9.98. The van der Waals surface area contributed by atoms with Gasteiger partial charge < -0.3 is 4.74 Å². The van der Waals surface area contributed by atoms with Gasteiger partial charge in [-0.1, -0.05) is 45.8 Å². The summed E-state index contributed by atoms with van der Waals surface area (Å²) in [4.78, 5) is 0. The second kappa shape index (κ2) is 7.88. The summed E-state index contributed by atoms with van der Waals surface area (Å²) < 4.78 is 5.61. The van der Waals surface area contributed by atoms with Gasteiger partial charge in [0.1, 0.15) is 0 Å². The van der Waals surface area contributed by atoms with Crippen LogP contribution < -0.4 is 0 Å². The first-order valence-corrected chi connectivity index (χ1v) is 7.47. The Balaban J connectivity index is 2.38. The zero-order valence-corrected chi connectivity index (χ0v) is 12.7. The maximum atomic E-state index is 5.61. The van der Waals surface area contributed by atoms with Gasteiger partial charge in [-0.05, 0) is 45.1 Å². The summed E-state index contributed by atoms with van der Waals surface area (Å²) in [5.41, 5.74) is 2.75. The van der Waals surface area contributed by atoms with E-state index in [1.165, 1.54) is 11.1 Å². The zero-order valence-electron chi connectivity index (χ0n) is 11.1. The van der Waals surface area contributed by atoms with Crippen LogP contribution in [0.4, 0.5) is 0 Å². The monoisotopic (exact) mass is 298 g/mol. The fourth-order valence-electron chi connectivity index (χ4n) is 1.76. The molecule has 0 saturated carbocycles. The number of hydrogen-bond acceptors (Lipinski definition) is 1. The van der Waals surface area contributed by atoms with Crippen LogP contribution in [-0.4, -0.2) is 18.0 Å². The largest absolute Gasteiger partial charge is 0.379 e. The lowest BCUT2D eigenvalue weighted by Gasteiger charge is -2.15. The van der Waals surface area contributed by atoms with Gasteiger partial charge in [-0.2, -0.15) is 0 Å². The molecule has 0 saturated heterocycles. The Morgan fingerprint density at radius 3 is 2.35 bits per heavy atom. The van der Waals surface area contributed by atoms with Crippen molar-refractivity contribution in [3.63, 3.8) is 0 Å². The molecule has 0 fully saturated rings. The molecule has 0 aliphatic carbocycles. The predicted molar refractivity (Wildman–Crippen MR) is 77.9 cm³/mol. The smallest absolute Gasteiger partial charge is 0.0518 e. The van der Waals surface area contributed by atoms with E-state index in [4.69, 9.17) is 4.74 Å². The van der Waals surface area contributed by atoms with Crippen LogP contribution in [-0.2, 0) is 11.2 Å². The number of alkyl halides is 1. The van der Waals surface area contributed by atoms with Crippen molar-refractivity contribution in [3.8, 4) is 0 Å². The van der Waals surface area contributed by atoms with Gasteiger partial charge >= 0.3 is 0 Å². The molecule has 0 amide bonds. The highest BCUT2D eigenvalue weighted by molar-refractivity contribution is 9.09. The van der Waals surface area contributed by atoms with Crippen LogP contribution in [0.25, 0.3) is 0 Å². The molecule has 1 atom stereocenters. The normalized spacial score (nSPS) is 13.0. The first kappa shape index (κ1) is 14.7. The molecule has 96 valence electrons. The van der Waals surface area contributed by atoms with E-state index in [2.05, 4.69) is 61.0 Å². The van der Waals surface area contributed by atoms with E-state index in [0.29, 0.717) is 12.0 Å². The summed E-state index contributed by atoms with van der Waals surface area (Å²) in [5, 5.41) is 1.04. The summed E-state index contributed by atoms with van der Waals surface area (Å²) in [7, 11) is 0. The molecule has 0 radical (unpaired) electrons. The van der Waals surface area contributed by atoms with Gasteiger partial charge in [-0.15, -0.1) is 0 Å². The molecule has 0 bridgehead atoms. The molecule has 0 aromatic heterocycles. The van der Waals surface area contributed by atoms with Gasteiger partial charge in [0.05, 0.1) is 6.10 Å². The van der Waals surface area contributed by atoms with Gasteiger partial charge in [0.15, 0.2) is 0 Å². The van der Waals surface area contributed by atoms with Gasteiger partial charge in [-0.3, -0.25) is 0 Å². The van der Waals surface area contributed by atoms with Crippen LogP contribution in [0.1, 0.15) is 31.4 Å². The Kier molecular flexibility index (Phi) is 6.83. The third-order valence-corrected chi connectivity index (χ3v) is 3.76. The van der Waals surface area contributed by atoms with Crippen LogP contribution in [0.15, 0.2) is 24.3 Å². The van der Waals surface area contributed by atoms with E-state index in [0.717, 1.165) is 24.8 Å². The van der Waals surface area contributed by atoms with E-state index in [1.807, 2.05) is 0 Å². The van der Waals surface area contributed by atoms with Crippen LogP contribution >= 0.6 is 15.9 Å². The number of rotatable bonds is 7. The Bertz CT molecular complexity index is 305. The molecule has 1 nitrogen and oxygen atoms in total. The van der Waals surface area contributed by atoms with Crippen molar-refractivity contribution >= 4 is 15.9 Å². The maximum Gasteiger partial charge on any atom is 0.0518 e. The third kappa shape index (κ3) is 6.23. The fraction of sp³-hybridized carbons (Fsp3) is 0.600. The SMILES string of the molecule is Cc1ccc(CC(CBr)CCOC(C)C)cc1. The van der Waals surface area contributed by atoms with E-state index >= 15 is 0 Å². The summed E-state index contributed by atoms with van der Waals surface area (Å²) in [6.45, 7) is 7.16. The van der Waals surface area contributed by atoms with Crippen molar-refractivity contribution in [1.82, 2.24) is 0 Å². The van der Waals surface area contributed by atoms with Crippen molar-refractivity contribution in [2.75, 3.05) is 11.9 Å². The summed E-state index contributed by atoms with van der Waals surface area (Å²) in [5.74, 6) is 0.663. The molecule has 0 N–H and O–H groups in total. The molecule has 2 heteroatoms. The van der Waals surface area contributed by atoms with Crippen LogP contribution in [0, 0.1) is 12.8 Å². The van der Waals surface area contributed by atoms with E-state index in [-0.39, 0.29) is 0 Å². The molecule has 1 unspecified atom stereocenters. The standard InChI is InChI=1S/C15H23BrO/c1-12(2)17-9-8-15(11-16)10-14-6-4-13(3)5-7-14/h4-7,12,15H,8-11H2,1-3H3. The van der Waals surface area contributed by atoms with Crippen molar-refractivity contribution < 1.29 is 4.74 Å². The van der Waals surface area contributed by atoms with Crippen molar-refractivity contribution in [1.29, 1.82) is 0 Å². The van der Waals surface area contributed by atoms with Crippen molar-refractivity contribution in [2.45, 2.75) is 39.7 Å². The topological polar surface area (TPSA) is 9.23 Å². The average molecular weight is 299 g/mol. The summed E-state index contributed by atoms with van der Waals surface area (Å²) >= 11 is 3.60. The second-order valence-electron chi connectivity index (χ2n) is 4.92. The summed E-state index contributed by atoms with van der Waals surface area (Å²) in [6.07, 6.45) is 2.59. The molecule has 0 heterocycles. The minimum Gasteiger partial charge on any atom is -0.379 e. The molecule has 0 aliphatic rings. The number of benzene rings is 1. The highest BCUT2D eigenvalue weighted by atomic mass is 79.9. The molecular weight excluding hydrogens is 276 g/mol. The Hall–Kier alpha value is -0.340. The average Bonchev–Trinajstić information content (AvgIpc) is 2.30. The first-order chi connectivity index (χ1) is 8.11. The van der Waals surface area contributed by atoms with E-state index < -0.39 is 0 Å². The van der Waals surface area contributed by atoms with E-state index in [9.17, 15) is 0 Å². The lowest BCUT2D eigenvalue weighted by Crippen LogP contribution is -2.12. The Morgan fingerprint density at radius 1 is 1.18 bits per heavy atom. The zero-order chi connectivity index (χ0) is 12.7. The fourth-order valence-corrected chi connectivity index (χ4v) is 2.31. The Morgan fingerprint density at radius 2 is 1.82 bits per heavy atom. The molecule has 1 aromatic carbocycles. The van der Waals surface area contributed by atoms with Crippen molar-refractivity contribution in [2.24, 2.45) is 5.92 Å². The minimum absolute atomic E-state index is 0.338. The number of hydrogen-bond donors (Lipinski definition) is 0. The maximum absolute atomic E-state index is 5.61. The van der Waals surface area contributed by atoms with Gasteiger partial charge in [0.25, 0.3) is 0 Å². The van der Waals surface area contributed by atoms with E-state index in [1.54, 1.807) is 0 Å². The van der Waals surface area contributed by atoms with Gasteiger partial charge in [-0.25, -0.2) is 0 Å². The molecular formula is C15H23BrO. The van der Waals surface area contributed by atoms with Gasteiger partial charge in [0, 0.05) is 11.9 Å². The minimum atomic E-state index is 0.338.